The van der Waals surface area contributed by atoms with Crippen molar-refractivity contribution in [2.45, 2.75) is 6.10 Å². The number of carbonyl (C=O) groups is 2. The van der Waals surface area contributed by atoms with E-state index in [1.54, 1.807) is 23.1 Å². The minimum Gasteiger partial charge on any atom is -0.446 e. The van der Waals surface area contributed by atoms with Gasteiger partial charge in [0.1, 0.15) is 5.82 Å². The Bertz CT molecular complexity index is 949. The standard InChI is InChI=1S/C22H20FN3O3/c23-18-9-6-16(7-10-18)8-11-19(27)25-12-14-26(15-13-25)22-24-21(28)20(29-22)17-4-2-1-3-5-17/h1-11,20H,12-15H2/b11-8+. The van der Waals surface area contributed by atoms with Gasteiger partial charge in [-0.15, -0.1) is 0 Å². The molecule has 4 rings (SSSR count). The Hall–Kier alpha value is -3.48. The quantitative estimate of drug-likeness (QED) is 0.753. The van der Waals surface area contributed by atoms with Gasteiger partial charge in [0.25, 0.3) is 11.9 Å². The Kier molecular flexibility index (Phi) is 5.37. The van der Waals surface area contributed by atoms with Crippen LogP contribution in [0.4, 0.5) is 4.39 Å². The van der Waals surface area contributed by atoms with E-state index in [0.717, 1.165) is 11.1 Å². The molecule has 0 aliphatic carbocycles. The summed E-state index contributed by atoms with van der Waals surface area (Å²) in [6.07, 6.45) is 2.45. The zero-order valence-corrected chi connectivity index (χ0v) is 15.7. The predicted octanol–water partition coefficient (Wildman–Crippen LogP) is 2.64. The van der Waals surface area contributed by atoms with E-state index in [1.807, 2.05) is 35.2 Å². The van der Waals surface area contributed by atoms with Crippen molar-refractivity contribution in [1.29, 1.82) is 0 Å². The summed E-state index contributed by atoms with van der Waals surface area (Å²) in [5, 5.41) is 0. The van der Waals surface area contributed by atoms with Crippen molar-refractivity contribution >= 4 is 23.9 Å². The molecule has 2 aromatic rings. The average Bonchev–Trinajstić information content (AvgIpc) is 3.15. The highest BCUT2D eigenvalue weighted by Crippen LogP contribution is 2.25. The molecule has 6 nitrogen and oxygen atoms in total. The highest BCUT2D eigenvalue weighted by atomic mass is 19.1. The van der Waals surface area contributed by atoms with Crippen LogP contribution in [-0.4, -0.2) is 53.8 Å². The maximum Gasteiger partial charge on any atom is 0.296 e. The zero-order valence-electron chi connectivity index (χ0n) is 15.7. The number of halogens is 1. The maximum absolute atomic E-state index is 12.9. The third-order valence-electron chi connectivity index (χ3n) is 4.91. The molecule has 0 radical (unpaired) electrons. The normalized spacial score (nSPS) is 19.4. The molecule has 148 valence electrons. The van der Waals surface area contributed by atoms with Gasteiger partial charge in [0.15, 0.2) is 0 Å². The van der Waals surface area contributed by atoms with Crippen molar-refractivity contribution in [3.63, 3.8) is 0 Å². The number of ether oxygens (including phenoxy) is 1. The van der Waals surface area contributed by atoms with E-state index in [0.29, 0.717) is 32.2 Å². The lowest BCUT2D eigenvalue weighted by Gasteiger charge is -2.34. The van der Waals surface area contributed by atoms with Crippen molar-refractivity contribution < 1.29 is 18.7 Å². The number of benzene rings is 2. The molecule has 2 amide bonds. The zero-order chi connectivity index (χ0) is 20.2. The fraction of sp³-hybridized carbons (Fsp3) is 0.227. The fourth-order valence-electron chi connectivity index (χ4n) is 3.28. The minimum atomic E-state index is -0.704. The largest absolute Gasteiger partial charge is 0.446 e. The molecule has 2 aliphatic heterocycles. The number of hydrogen-bond acceptors (Lipinski definition) is 4. The van der Waals surface area contributed by atoms with Crippen LogP contribution in [0, 0.1) is 5.82 Å². The van der Waals surface area contributed by atoms with E-state index in [4.69, 9.17) is 4.74 Å². The van der Waals surface area contributed by atoms with Crippen molar-refractivity contribution in [3.05, 3.63) is 77.6 Å². The molecule has 0 saturated carbocycles. The Labute approximate surface area is 167 Å². The topological polar surface area (TPSA) is 62.2 Å². The third kappa shape index (κ3) is 4.34. The van der Waals surface area contributed by atoms with Gasteiger partial charge in [0.2, 0.25) is 12.0 Å². The summed E-state index contributed by atoms with van der Waals surface area (Å²) in [5.74, 6) is -0.733. The van der Waals surface area contributed by atoms with E-state index < -0.39 is 6.10 Å². The van der Waals surface area contributed by atoms with Gasteiger partial charge in [-0.25, -0.2) is 4.39 Å². The second-order valence-corrected chi connectivity index (χ2v) is 6.84. The number of amides is 2. The number of aliphatic imine (C=N–C) groups is 1. The van der Waals surface area contributed by atoms with Gasteiger partial charge in [0.05, 0.1) is 0 Å². The number of amidine groups is 1. The van der Waals surface area contributed by atoms with Gasteiger partial charge in [-0.1, -0.05) is 42.5 Å². The van der Waals surface area contributed by atoms with Crippen LogP contribution in [0.25, 0.3) is 6.08 Å². The summed E-state index contributed by atoms with van der Waals surface area (Å²) in [5.41, 5.74) is 1.54. The number of hydrogen-bond donors (Lipinski definition) is 0. The summed E-state index contributed by atoms with van der Waals surface area (Å²) in [7, 11) is 0. The molecule has 2 heterocycles. The molecular weight excluding hydrogens is 373 g/mol. The summed E-state index contributed by atoms with van der Waals surface area (Å²) in [4.78, 5) is 32.3. The smallest absolute Gasteiger partial charge is 0.296 e. The van der Waals surface area contributed by atoms with Crippen LogP contribution in [0.5, 0.6) is 0 Å². The van der Waals surface area contributed by atoms with Crippen LogP contribution in [0.1, 0.15) is 17.2 Å². The minimum absolute atomic E-state index is 0.110. The molecule has 1 atom stereocenters. The van der Waals surface area contributed by atoms with Crippen molar-refractivity contribution in [3.8, 4) is 0 Å². The molecule has 0 N–H and O–H groups in total. The first-order chi connectivity index (χ1) is 14.1. The van der Waals surface area contributed by atoms with Crippen LogP contribution in [0.2, 0.25) is 0 Å². The molecule has 1 fully saturated rings. The molecule has 2 aliphatic rings. The molecule has 2 aromatic carbocycles. The monoisotopic (exact) mass is 393 g/mol. The second-order valence-electron chi connectivity index (χ2n) is 6.84. The lowest BCUT2D eigenvalue weighted by atomic mass is 10.1. The molecule has 0 spiro atoms. The first-order valence-electron chi connectivity index (χ1n) is 9.42. The highest BCUT2D eigenvalue weighted by molar-refractivity contribution is 5.99. The van der Waals surface area contributed by atoms with Crippen molar-refractivity contribution in [1.82, 2.24) is 9.80 Å². The first-order valence-corrected chi connectivity index (χ1v) is 9.42. The van der Waals surface area contributed by atoms with Crippen LogP contribution < -0.4 is 0 Å². The van der Waals surface area contributed by atoms with Crippen LogP contribution in [0.3, 0.4) is 0 Å². The molecule has 0 bridgehead atoms. The third-order valence-corrected chi connectivity index (χ3v) is 4.91. The lowest BCUT2D eigenvalue weighted by molar-refractivity contribution is -0.127. The highest BCUT2D eigenvalue weighted by Gasteiger charge is 2.34. The van der Waals surface area contributed by atoms with Crippen molar-refractivity contribution in [2.75, 3.05) is 26.2 Å². The Morgan fingerprint density at radius 3 is 2.41 bits per heavy atom. The van der Waals surface area contributed by atoms with Crippen LogP contribution in [0.15, 0.2) is 65.7 Å². The van der Waals surface area contributed by atoms with Gasteiger partial charge in [0, 0.05) is 37.8 Å². The fourth-order valence-corrected chi connectivity index (χ4v) is 3.28. The SMILES string of the molecule is O=C1N=C(N2CCN(C(=O)/C=C/c3ccc(F)cc3)CC2)OC1c1ccccc1. The molecule has 7 heteroatoms. The first kappa shape index (κ1) is 18.9. The van der Waals surface area contributed by atoms with Gasteiger partial charge in [-0.05, 0) is 23.8 Å². The molecule has 1 saturated heterocycles. The molecular formula is C22H20FN3O3. The Balaban J connectivity index is 1.31. The van der Waals surface area contributed by atoms with E-state index in [1.165, 1.54) is 18.2 Å². The van der Waals surface area contributed by atoms with E-state index >= 15 is 0 Å². The van der Waals surface area contributed by atoms with Crippen LogP contribution >= 0.6 is 0 Å². The molecule has 0 aromatic heterocycles. The molecule has 29 heavy (non-hydrogen) atoms. The maximum atomic E-state index is 12.9. The van der Waals surface area contributed by atoms with Crippen LogP contribution in [-0.2, 0) is 14.3 Å². The van der Waals surface area contributed by atoms with Gasteiger partial charge in [-0.3, -0.25) is 9.59 Å². The van der Waals surface area contributed by atoms with Gasteiger partial charge >= 0.3 is 0 Å². The number of carbonyl (C=O) groups excluding carboxylic acids is 2. The summed E-state index contributed by atoms with van der Waals surface area (Å²) < 4.78 is 18.7. The van der Waals surface area contributed by atoms with E-state index in [2.05, 4.69) is 4.99 Å². The predicted molar refractivity (Wildman–Crippen MR) is 106 cm³/mol. The van der Waals surface area contributed by atoms with Crippen molar-refractivity contribution in [2.24, 2.45) is 4.99 Å². The number of rotatable bonds is 3. The lowest BCUT2D eigenvalue weighted by Crippen LogP contribution is -2.50. The Morgan fingerprint density at radius 2 is 1.72 bits per heavy atom. The molecule has 1 unspecified atom stereocenters. The van der Waals surface area contributed by atoms with Gasteiger partial charge in [-0.2, -0.15) is 4.99 Å². The second kappa shape index (κ2) is 8.26. The summed E-state index contributed by atoms with van der Waals surface area (Å²) >= 11 is 0. The summed E-state index contributed by atoms with van der Waals surface area (Å²) in [6.45, 7) is 2.06. The number of piperazine rings is 1. The van der Waals surface area contributed by atoms with E-state index in [-0.39, 0.29) is 17.6 Å². The van der Waals surface area contributed by atoms with E-state index in [9.17, 15) is 14.0 Å². The average molecular weight is 393 g/mol. The van der Waals surface area contributed by atoms with Gasteiger partial charge < -0.3 is 14.5 Å². The number of nitrogens with zero attached hydrogens (tertiary/aromatic N) is 3. The summed E-state index contributed by atoms with van der Waals surface area (Å²) in [6, 6.07) is 15.5. The Morgan fingerprint density at radius 1 is 1.03 bits per heavy atom.